The van der Waals surface area contributed by atoms with E-state index >= 15 is 0 Å². The van der Waals surface area contributed by atoms with Crippen LogP contribution in [0.2, 0.25) is 0 Å². The van der Waals surface area contributed by atoms with Crippen LogP contribution in [-0.4, -0.2) is 43.3 Å². The summed E-state index contributed by atoms with van der Waals surface area (Å²) in [6.07, 6.45) is 0. The van der Waals surface area contributed by atoms with Gasteiger partial charge in [-0.25, -0.2) is 0 Å². The number of carbonyl (C=O) groups excluding carboxylic acids is 2. The highest BCUT2D eigenvalue weighted by molar-refractivity contribution is 6.68. The molecule has 0 aliphatic carbocycles. The van der Waals surface area contributed by atoms with Crippen LogP contribution in [0.1, 0.15) is 10.4 Å². The van der Waals surface area contributed by atoms with E-state index in [2.05, 4.69) is 0 Å². The second-order valence-electron chi connectivity index (χ2n) is 3.83. The quantitative estimate of drug-likeness (QED) is 0.479. The number of non-ortho nitro benzene ring substituents is 1. The van der Waals surface area contributed by atoms with Gasteiger partial charge in [0.15, 0.2) is 0 Å². The minimum Gasteiger partial charge on any atom is -0.378 e. The molecule has 0 bridgehead atoms. The molecule has 1 aliphatic rings. The zero-order valence-electron chi connectivity index (χ0n) is 10.6. The molecule has 1 fully saturated rings. The topological polar surface area (TPSA) is 89.8 Å². The number of benzene rings is 1. The predicted octanol–water partition coefficient (Wildman–Crippen LogP) is 1.63. The minimum absolute atomic E-state index is 0.143. The summed E-state index contributed by atoms with van der Waals surface area (Å²) in [5.74, 6) is 0. The van der Waals surface area contributed by atoms with Crippen LogP contribution in [-0.2, 0) is 9.53 Å². The molecule has 0 radical (unpaired) electrons. The number of carbonyl (C=O) groups is 2. The van der Waals surface area contributed by atoms with Gasteiger partial charge in [-0.3, -0.25) is 14.9 Å². The van der Waals surface area contributed by atoms with Gasteiger partial charge >= 0.3 is 0 Å². The molecule has 1 aliphatic heterocycles. The molecule has 108 valence electrons. The van der Waals surface area contributed by atoms with E-state index in [1.54, 1.807) is 6.07 Å². The first-order chi connectivity index (χ1) is 9.59. The number of nitrogens with zero attached hydrogens (tertiary/aromatic N) is 2. The average molecular weight is 301 g/mol. The summed E-state index contributed by atoms with van der Waals surface area (Å²) >= 11 is 5.48. The first-order valence-electron chi connectivity index (χ1n) is 5.69. The molecule has 8 heteroatoms. The summed E-state index contributed by atoms with van der Waals surface area (Å²) in [6.45, 7) is 4.39. The summed E-state index contributed by atoms with van der Waals surface area (Å²) in [5, 5.41) is 9.99. The molecule has 1 saturated heterocycles. The largest absolute Gasteiger partial charge is 0.378 e. The Bertz CT molecular complexity index is 503. The summed E-state index contributed by atoms with van der Waals surface area (Å²) in [5.41, 5.74) is 0.632. The number of hydrogen-bond acceptors (Lipinski definition) is 6. The molecule has 0 saturated carbocycles. The van der Waals surface area contributed by atoms with E-state index in [-0.39, 0.29) is 11.3 Å². The molecule has 20 heavy (non-hydrogen) atoms. The van der Waals surface area contributed by atoms with Crippen LogP contribution in [0.5, 0.6) is 0 Å². The fourth-order valence-electron chi connectivity index (χ4n) is 1.88. The van der Waals surface area contributed by atoms with Crippen LogP contribution in [0.4, 0.5) is 11.4 Å². The standard InChI is InChI=1S/C11H11ClN2O4.CH2O/c12-11(15)9-7-8(14(16)17)1-2-10(9)13-3-5-18-6-4-13;1-2/h1-2,7H,3-6H2;1H2. The molecule has 1 aromatic rings. The average Bonchev–Trinajstić information content (AvgIpc) is 2.49. The van der Waals surface area contributed by atoms with Crippen molar-refractivity contribution in [1.82, 2.24) is 0 Å². The molecule has 7 nitrogen and oxygen atoms in total. The van der Waals surface area contributed by atoms with Crippen LogP contribution in [0, 0.1) is 10.1 Å². The van der Waals surface area contributed by atoms with Crippen molar-refractivity contribution in [3.05, 3.63) is 33.9 Å². The lowest BCUT2D eigenvalue weighted by Crippen LogP contribution is -2.37. The fourth-order valence-corrected chi connectivity index (χ4v) is 2.03. The second kappa shape index (κ2) is 7.56. The van der Waals surface area contributed by atoms with Crippen molar-refractivity contribution in [2.24, 2.45) is 0 Å². The highest BCUT2D eigenvalue weighted by Crippen LogP contribution is 2.27. The Morgan fingerprint density at radius 2 is 1.95 bits per heavy atom. The lowest BCUT2D eigenvalue weighted by Gasteiger charge is -2.29. The van der Waals surface area contributed by atoms with Crippen molar-refractivity contribution in [3.8, 4) is 0 Å². The number of rotatable bonds is 3. The van der Waals surface area contributed by atoms with Gasteiger partial charge in [-0.2, -0.15) is 0 Å². The van der Waals surface area contributed by atoms with Gasteiger partial charge in [0, 0.05) is 30.9 Å². The molecular formula is C12H13ClN2O5. The van der Waals surface area contributed by atoms with E-state index in [4.69, 9.17) is 21.1 Å². The van der Waals surface area contributed by atoms with Crippen molar-refractivity contribution in [2.75, 3.05) is 31.2 Å². The maximum atomic E-state index is 11.4. The van der Waals surface area contributed by atoms with Gasteiger partial charge in [0.1, 0.15) is 6.79 Å². The lowest BCUT2D eigenvalue weighted by molar-refractivity contribution is -0.384. The molecule has 0 spiro atoms. The van der Waals surface area contributed by atoms with Crippen molar-refractivity contribution in [1.29, 1.82) is 0 Å². The van der Waals surface area contributed by atoms with Crippen molar-refractivity contribution in [3.63, 3.8) is 0 Å². The molecule has 1 heterocycles. The smallest absolute Gasteiger partial charge is 0.270 e. The van der Waals surface area contributed by atoms with E-state index < -0.39 is 10.2 Å². The van der Waals surface area contributed by atoms with Gasteiger partial charge in [0.05, 0.1) is 23.7 Å². The zero-order chi connectivity index (χ0) is 15.1. The molecule has 0 atom stereocenters. The Balaban J connectivity index is 0.000000956. The Hall–Kier alpha value is -1.99. The third kappa shape index (κ3) is 3.75. The Labute approximate surface area is 120 Å². The molecule has 0 N–H and O–H groups in total. The van der Waals surface area contributed by atoms with Crippen molar-refractivity contribution >= 4 is 35.0 Å². The van der Waals surface area contributed by atoms with E-state index in [1.165, 1.54) is 12.1 Å². The van der Waals surface area contributed by atoms with Crippen molar-refractivity contribution < 1.29 is 19.2 Å². The summed E-state index contributed by atoms with van der Waals surface area (Å²) in [6, 6.07) is 4.13. The van der Waals surface area contributed by atoms with Crippen LogP contribution < -0.4 is 4.90 Å². The van der Waals surface area contributed by atoms with Gasteiger partial charge in [0.25, 0.3) is 10.9 Å². The lowest BCUT2D eigenvalue weighted by atomic mass is 10.1. The Morgan fingerprint density at radius 1 is 1.35 bits per heavy atom. The minimum atomic E-state index is -0.694. The van der Waals surface area contributed by atoms with E-state index in [0.717, 1.165) is 0 Å². The molecular weight excluding hydrogens is 288 g/mol. The molecule has 2 rings (SSSR count). The molecule has 1 aromatic carbocycles. The van der Waals surface area contributed by atoms with Gasteiger partial charge in [-0.05, 0) is 17.7 Å². The van der Waals surface area contributed by atoms with E-state index in [1.807, 2.05) is 11.7 Å². The van der Waals surface area contributed by atoms with Crippen LogP contribution in [0.15, 0.2) is 18.2 Å². The number of halogens is 1. The number of ether oxygens (including phenoxy) is 1. The fraction of sp³-hybridized carbons (Fsp3) is 0.333. The number of nitro groups is 1. The SMILES string of the molecule is C=O.O=C(Cl)c1cc([N+](=O)[O-])ccc1N1CCOCC1. The van der Waals surface area contributed by atoms with E-state index in [0.29, 0.717) is 32.0 Å². The highest BCUT2D eigenvalue weighted by atomic mass is 35.5. The summed E-state index contributed by atoms with van der Waals surface area (Å²) in [7, 11) is 0. The molecule has 0 unspecified atom stereocenters. The van der Waals surface area contributed by atoms with Gasteiger partial charge < -0.3 is 14.4 Å². The van der Waals surface area contributed by atoms with E-state index in [9.17, 15) is 14.9 Å². The first-order valence-corrected chi connectivity index (χ1v) is 6.07. The number of hydrogen-bond donors (Lipinski definition) is 0. The summed E-state index contributed by atoms with van der Waals surface area (Å²) < 4.78 is 5.22. The molecule has 0 amide bonds. The Kier molecular flexibility index (Phi) is 6.08. The maximum absolute atomic E-state index is 11.4. The van der Waals surface area contributed by atoms with Crippen molar-refractivity contribution in [2.45, 2.75) is 0 Å². The third-order valence-corrected chi connectivity index (χ3v) is 2.96. The number of nitro benzene ring substituents is 1. The normalized spacial score (nSPS) is 14.2. The Morgan fingerprint density at radius 3 is 2.45 bits per heavy atom. The molecule has 0 aromatic heterocycles. The predicted molar refractivity (Wildman–Crippen MR) is 73.4 cm³/mol. The third-order valence-electron chi connectivity index (χ3n) is 2.75. The second-order valence-corrected chi connectivity index (χ2v) is 4.17. The number of morpholine rings is 1. The van der Waals surface area contributed by atoms with Gasteiger partial charge in [0.2, 0.25) is 0 Å². The number of anilines is 1. The zero-order valence-corrected chi connectivity index (χ0v) is 11.3. The maximum Gasteiger partial charge on any atom is 0.270 e. The van der Waals surface area contributed by atoms with Crippen LogP contribution in [0.3, 0.4) is 0 Å². The first kappa shape index (κ1) is 16.1. The monoisotopic (exact) mass is 300 g/mol. The van der Waals surface area contributed by atoms with Crippen LogP contribution in [0.25, 0.3) is 0 Å². The summed E-state index contributed by atoms with van der Waals surface area (Å²) in [4.78, 5) is 31.4. The van der Waals surface area contributed by atoms with Crippen LogP contribution >= 0.6 is 11.6 Å². The highest BCUT2D eigenvalue weighted by Gasteiger charge is 2.20. The van der Waals surface area contributed by atoms with Gasteiger partial charge in [-0.15, -0.1) is 0 Å². The van der Waals surface area contributed by atoms with Gasteiger partial charge in [-0.1, -0.05) is 0 Å².